The molecule has 0 atom stereocenters. The van der Waals surface area contributed by atoms with Crippen LogP contribution in [0, 0.1) is 0 Å². The molecule has 4 heterocycles. The predicted molar refractivity (Wildman–Crippen MR) is 246 cm³/mol. The lowest BCUT2D eigenvalue weighted by molar-refractivity contribution is 1.18. The van der Waals surface area contributed by atoms with Crippen molar-refractivity contribution in [3.8, 4) is 28.3 Å². The van der Waals surface area contributed by atoms with Crippen LogP contribution in [0.4, 0.5) is 0 Å². The van der Waals surface area contributed by atoms with Gasteiger partial charge in [0.15, 0.2) is 5.82 Å². The normalized spacial score (nSPS) is 12.2. The molecule has 3 nitrogen and oxygen atoms in total. The quantitative estimate of drug-likeness (QED) is 0.180. The van der Waals surface area contributed by atoms with E-state index in [9.17, 15) is 0 Å². The Bertz CT molecular complexity index is 3740. The third-order valence-electron chi connectivity index (χ3n) is 11.8. The molecule has 0 spiro atoms. The van der Waals surface area contributed by atoms with Gasteiger partial charge in [-0.05, 0) is 70.1 Å². The number of para-hydroxylation sites is 1. The molecule has 0 radical (unpaired) electrons. The van der Waals surface area contributed by atoms with Crippen LogP contribution in [0.2, 0.25) is 0 Å². The van der Waals surface area contributed by atoms with Crippen molar-refractivity contribution in [3.63, 3.8) is 0 Å². The summed E-state index contributed by atoms with van der Waals surface area (Å²) < 4.78 is 7.46. The highest BCUT2D eigenvalue weighted by atomic mass is 32.1. The Morgan fingerprint density at radius 1 is 0.386 bits per heavy atom. The summed E-state index contributed by atoms with van der Waals surface area (Å²) >= 11 is 3.66. The highest BCUT2D eigenvalue weighted by molar-refractivity contribution is 7.26. The van der Waals surface area contributed by atoms with Gasteiger partial charge in [0.05, 0.1) is 22.2 Å². The number of aromatic nitrogens is 3. The van der Waals surface area contributed by atoms with Gasteiger partial charge < -0.3 is 4.57 Å². The Morgan fingerprint density at radius 3 is 1.72 bits per heavy atom. The van der Waals surface area contributed by atoms with E-state index in [4.69, 9.17) is 9.97 Å². The average molecular weight is 760 g/mol. The predicted octanol–water partition coefficient (Wildman–Crippen LogP) is 15.1. The molecule has 0 saturated heterocycles. The molecule has 13 rings (SSSR count). The molecule has 9 aromatic carbocycles. The van der Waals surface area contributed by atoms with Gasteiger partial charge in [-0.3, -0.25) is 0 Å². The van der Waals surface area contributed by atoms with Crippen molar-refractivity contribution in [2.75, 3.05) is 0 Å². The maximum absolute atomic E-state index is 5.62. The summed E-state index contributed by atoms with van der Waals surface area (Å²) in [5.41, 5.74) is 7.52. The molecule has 0 unspecified atom stereocenters. The second-order valence-electron chi connectivity index (χ2n) is 14.9. The summed E-state index contributed by atoms with van der Waals surface area (Å²) in [7, 11) is 0. The summed E-state index contributed by atoms with van der Waals surface area (Å²) in [4.78, 5) is 11.0. The fourth-order valence-corrected chi connectivity index (χ4v) is 11.6. The standard InChI is InChI=1S/C52H29N3S2/c1-3-14-33-30(12-1)24-26-42-48(33)49-34-15-4-2-13-31(34)25-27-43(49)55(42)32-28-39-35-16-6-9-21-44(35)57-51(39)40(29-32)52-53-41-20-8-5-17-36(41)50(54-52)38-19-11-23-46-47(38)37-18-7-10-22-45(37)56-46/h1-29H. The Hall–Kier alpha value is -6.92. The van der Waals surface area contributed by atoms with E-state index in [1.807, 2.05) is 22.7 Å². The van der Waals surface area contributed by atoms with Crippen molar-refractivity contribution in [1.29, 1.82) is 0 Å². The maximum Gasteiger partial charge on any atom is 0.161 e. The van der Waals surface area contributed by atoms with E-state index in [2.05, 4.69) is 180 Å². The monoisotopic (exact) mass is 759 g/mol. The van der Waals surface area contributed by atoms with E-state index in [1.165, 1.54) is 83.7 Å². The van der Waals surface area contributed by atoms with Gasteiger partial charge in [0, 0.05) is 73.3 Å². The maximum atomic E-state index is 5.62. The van der Waals surface area contributed by atoms with Gasteiger partial charge in [0.25, 0.3) is 0 Å². The lowest BCUT2D eigenvalue weighted by Gasteiger charge is -2.14. The minimum Gasteiger partial charge on any atom is -0.309 e. The Balaban J connectivity index is 1.17. The fraction of sp³-hybridized carbons (Fsp3) is 0. The highest BCUT2D eigenvalue weighted by Crippen LogP contribution is 2.46. The van der Waals surface area contributed by atoms with Crippen molar-refractivity contribution < 1.29 is 0 Å². The highest BCUT2D eigenvalue weighted by Gasteiger charge is 2.23. The van der Waals surface area contributed by atoms with Crippen LogP contribution in [0.15, 0.2) is 176 Å². The summed E-state index contributed by atoms with van der Waals surface area (Å²) in [5, 5.41) is 13.6. The van der Waals surface area contributed by atoms with E-state index in [0.717, 1.165) is 39.2 Å². The number of thiophene rings is 2. The zero-order chi connectivity index (χ0) is 37.2. The first-order valence-electron chi connectivity index (χ1n) is 19.2. The van der Waals surface area contributed by atoms with Crippen molar-refractivity contribution in [1.82, 2.24) is 14.5 Å². The number of fused-ring (bicyclic) bond motifs is 14. The summed E-state index contributed by atoms with van der Waals surface area (Å²) in [6.07, 6.45) is 0. The molecule has 0 saturated carbocycles. The smallest absolute Gasteiger partial charge is 0.161 e. The lowest BCUT2D eigenvalue weighted by atomic mass is 10.00. The molecule has 0 N–H and O–H groups in total. The largest absolute Gasteiger partial charge is 0.309 e. The molecule has 0 fully saturated rings. The molecule has 0 bridgehead atoms. The molecule has 13 aromatic rings. The van der Waals surface area contributed by atoms with E-state index < -0.39 is 0 Å². The molecule has 0 aliphatic heterocycles. The van der Waals surface area contributed by atoms with E-state index in [0.29, 0.717) is 0 Å². The van der Waals surface area contributed by atoms with Crippen LogP contribution in [0.5, 0.6) is 0 Å². The third-order valence-corrected chi connectivity index (χ3v) is 14.1. The lowest BCUT2D eigenvalue weighted by Crippen LogP contribution is -1.98. The van der Waals surface area contributed by atoms with Crippen LogP contribution in [-0.4, -0.2) is 14.5 Å². The van der Waals surface area contributed by atoms with Crippen molar-refractivity contribution in [3.05, 3.63) is 176 Å². The van der Waals surface area contributed by atoms with Crippen LogP contribution in [0.3, 0.4) is 0 Å². The average Bonchev–Trinajstić information content (AvgIpc) is 3.95. The van der Waals surface area contributed by atoms with Crippen LogP contribution in [-0.2, 0) is 0 Å². The molecule has 0 aliphatic carbocycles. The Kier molecular flexibility index (Phi) is 6.48. The molecule has 0 amide bonds. The second-order valence-corrected chi connectivity index (χ2v) is 17.0. The first-order chi connectivity index (χ1) is 28.3. The van der Waals surface area contributed by atoms with Gasteiger partial charge in [0.2, 0.25) is 0 Å². The van der Waals surface area contributed by atoms with Crippen molar-refractivity contribution in [2.45, 2.75) is 0 Å². The molecule has 5 heteroatoms. The minimum atomic E-state index is 0.732. The number of hydrogen-bond acceptors (Lipinski definition) is 4. The molecule has 4 aromatic heterocycles. The first-order valence-corrected chi connectivity index (χ1v) is 20.9. The van der Waals surface area contributed by atoms with Gasteiger partial charge in [-0.25, -0.2) is 9.97 Å². The van der Waals surface area contributed by atoms with Crippen molar-refractivity contribution in [2.24, 2.45) is 0 Å². The van der Waals surface area contributed by atoms with Gasteiger partial charge in [0.1, 0.15) is 0 Å². The number of benzene rings is 9. The summed E-state index contributed by atoms with van der Waals surface area (Å²) in [5.74, 6) is 0.732. The van der Waals surface area contributed by atoms with Crippen molar-refractivity contribution >= 4 is 117 Å². The molecule has 0 aliphatic rings. The summed E-state index contributed by atoms with van der Waals surface area (Å²) in [6, 6.07) is 64.0. The van der Waals surface area contributed by atoms with Gasteiger partial charge in [-0.1, -0.05) is 127 Å². The zero-order valence-electron chi connectivity index (χ0n) is 30.4. The van der Waals surface area contributed by atoms with Gasteiger partial charge in [-0.2, -0.15) is 0 Å². The van der Waals surface area contributed by atoms with Gasteiger partial charge >= 0.3 is 0 Å². The van der Waals surface area contributed by atoms with E-state index in [-0.39, 0.29) is 0 Å². The fourth-order valence-electron chi connectivity index (χ4n) is 9.31. The Labute approximate surface area is 334 Å². The number of rotatable bonds is 3. The first kappa shape index (κ1) is 31.3. The SMILES string of the molecule is c1ccc2c(c1)ccc1c2c2c3ccccc3ccc2n1-c1cc(-c2nc(-c3cccc4sc5ccccc5c34)c3ccccc3n2)c2sc3ccccc3c2c1. The third kappa shape index (κ3) is 4.47. The molecule has 264 valence electrons. The topological polar surface area (TPSA) is 30.7 Å². The number of hydrogen-bond donors (Lipinski definition) is 0. The van der Waals surface area contributed by atoms with Crippen LogP contribution in [0.25, 0.3) is 123 Å². The number of nitrogens with zero attached hydrogens (tertiary/aromatic N) is 3. The molecular formula is C52H29N3S2. The van der Waals surface area contributed by atoms with E-state index >= 15 is 0 Å². The minimum absolute atomic E-state index is 0.732. The molecule has 57 heavy (non-hydrogen) atoms. The van der Waals surface area contributed by atoms with Gasteiger partial charge in [-0.15, -0.1) is 22.7 Å². The van der Waals surface area contributed by atoms with Crippen LogP contribution in [0.1, 0.15) is 0 Å². The zero-order valence-corrected chi connectivity index (χ0v) is 32.0. The molecular weight excluding hydrogens is 731 g/mol. The second kappa shape index (κ2) is 11.8. The summed E-state index contributed by atoms with van der Waals surface area (Å²) in [6.45, 7) is 0. The van der Waals surface area contributed by atoms with Crippen LogP contribution < -0.4 is 0 Å². The Morgan fingerprint density at radius 2 is 0.982 bits per heavy atom. The van der Waals surface area contributed by atoms with Crippen LogP contribution >= 0.6 is 22.7 Å². The van der Waals surface area contributed by atoms with E-state index in [1.54, 1.807) is 0 Å².